The molecule has 0 spiro atoms. The van der Waals surface area contributed by atoms with E-state index in [9.17, 15) is 10.1 Å². The highest BCUT2D eigenvalue weighted by Crippen LogP contribution is 2.31. The summed E-state index contributed by atoms with van der Waals surface area (Å²) < 4.78 is 1.58. The van der Waals surface area contributed by atoms with Crippen molar-refractivity contribution in [3.8, 4) is 0 Å². The standard InChI is InChI=1S/C17H19N5O2S/c23-22(24)16-15(18-17-21(16)11-12-25-17)20-8-4-7-19(9-10-20)13-14-5-2-1-3-6-14/h1-3,5-6,11-12H,4,7-10,13H2. The van der Waals surface area contributed by atoms with Gasteiger partial charge in [0.15, 0.2) is 0 Å². The molecule has 3 aromatic rings. The lowest BCUT2D eigenvalue weighted by atomic mass is 10.2. The van der Waals surface area contributed by atoms with Crippen LogP contribution in [0.25, 0.3) is 4.96 Å². The molecule has 2 aromatic heterocycles. The van der Waals surface area contributed by atoms with Crippen molar-refractivity contribution < 1.29 is 4.92 Å². The summed E-state index contributed by atoms with van der Waals surface area (Å²) in [6, 6.07) is 10.4. The number of hydrogen-bond acceptors (Lipinski definition) is 6. The number of hydrogen-bond donors (Lipinski definition) is 0. The van der Waals surface area contributed by atoms with Crippen molar-refractivity contribution in [2.45, 2.75) is 13.0 Å². The quantitative estimate of drug-likeness (QED) is 0.530. The average molecular weight is 357 g/mol. The van der Waals surface area contributed by atoms with Crippen molar-refractivity contribution in [1.82, 2.24) is 14.3 Å². The third-order valence-electron chi connectivity index (χ3n) is 4.53. The van der Waals surface area contributed by atoms with Gasteiger partial charge in [-0.3, -0.25) is 4.90 Å². The maximum Gasteiger partial charge on any atom is 0.373 e. The number of imidazole rings is 1. The average Bonchev–Trinajstić information content (AvgIpc) is 3.11. The number of nitro groups is 1. The first-order chi connectivity index (χ1) is 12.2. The number of thiazole rings is 1. The first kappa shape index (κ1) is 16.0. The van der Waals surface area contributed by atoms with Crippen LogP contribution in [-0.2, 0) is 6.54 Å². The lowest BCUT2D eigenvalue weighted by molar-refractivity contribution is -0.389. The molecule has 0 bridgehead atoms. The van der Waals surface area contributed by atoms with Crippen LogP contribution in [0.3, 0.4) is 0 Å². The molecule has 0 unspecified atom stereocenters. The molecule has 0 aliphatic carbocycles. The van der Waals surface area contributed by atoms with E-state index in [1.165, 1.54) is 16.9 Å². The molecule has 130 valence electrons. The van der Waals surface area contributed by atoms with Crippen LogP contribution in [0.1, 0.15) is 12.0 Å². The largest absolute Gasteiger partial charge is 0.373 e. The van der Waals surface area contributed by atoms with E-state index in [0.717, 1.165) is 39.1 Å². The van der Waals surface area contributed by atoms with Gasteiger partial charge in [0.2, 0.25) is 5.82 Å². The molecule has 3 heterocycles. The summed E-state index contributed by atoms with van der Waals surface area (Å²) in [6.45, 7) is 4.31. The Balaban J connectivity index is 1.52. The smallest absolute Gasteiger partial charge is 0.358 e. The molecule has 1 aliphatic heterocycles. The Hall–Kier alpha value is -2.45. The predicted octanol–water partition coefficient (Wildman–Crippen LogP) is 3.02. The van der Waals surface area contributed by atoms with E-state index in [2.05, 4.69) is 39.0 Å². The minimum absolute atomic E-state index is 0.0766. The lowest BCUT2D eigenvalue weighted by Crippen LogP contribution is -2.31. The zero-order valence-corrected chi connectivity index (χ0v) is 14.6. The molecule has 0 amide bonds. The Bertz CT molecular complexity index is 876. The molecule has 1 saturated heterocycles. The summed E-state index contributed by atoms with van der Waals surface area (Å²) in [5, 5.41) is 13.4. The summed E-state index contributed by atoms with van der Waals surface area (Å²) >= 11 is 1.42. The first-order valence-corrected chi connectivity index (χ1v) is 9.21. The molecule has 8 heteroatoms. The number of fused-ring (bicyclic) bond motifs is 1. The molecule has 1 fully saturated rings. The molecule has 4 rings (SSSR count). The van der Waals surface area contributed by atoms with Crippen LogP contribution in [0.15, 0.2) is 41.9 Å². The summed E-state index contributed by atoms with van der Waals surface area (Å²) in [7, 11) is 0. The lowest BCUT2D eigenvalue weighted by Gasteiger charge is -2.21. The van der Waals surface area contributed by atoms with Gasteiger partial charge in [-0.2, -0.15) is 9.38 Å². The van der Waals surface area contributed by atoms with Crippen molar-refractivity contribution >= 4 is 27.9 Å². The van der Waals surface area contributed by atoms with Crippen molar-refractivity contribution in [2.24, 2.45) is 0 Å². The summed E-state index contributed by atoms with van der Waals surface area (Å²) in [5.41, 5.74) is 1.30. The van der Waals surface area contributed by atoms with E-state index >= 15 is 0 Å². The predicted molar refractivity (Wildman–Crippen MR) is 98.3 cm³/mol. The second kappa shape index (κ2) is 6.81. The van der Waals surface area contributed by atoms with Gasteiger partial charge in [0.1, 0.15) is 6.20 Å². The van der Waals surface area contributed by atoms with Gasteiger partial charge in [-0.05, 0) is 16.9 Å². The van der Waals surface area contributed by atoms with Gasteiger partial charge in [-0.25, -0.2) is 0 Å². The number of anilines is 1. The fraction of sp³-hybridized carbons (Fsp3) is 0.353. The second-order valence-corrected chi connectivity index (χ2v) is 7.05. The highest BCUT2D eigenvalue weighted by Gasteiger charge is 2.29. The Kier molecular flexibility index (Phi) is 4.37. The molecule has 0 atom stereocenters. The minimum atomic E-state index is -0.325. The Morgan fingerprint density at radius 3 is 2.80 bits per heavy atom. The van der Waals surface area contributed by atoms with E-state index in [0.29, 0.717) is 10.8 Å². The van der Waals surface area contributed by atoms with Crippen molar-refractivity contribution in [2.75, 3.05) is 31.1 Å². The molecule has 0 saturated carbocycles. The van der Waals surface area contributed by atoms with Gasteiger partial charge in [0.05, 0.1) is 0 Å². The second-order valence-electron chi connectivity index (χ2n) is 6.17. The Labute approximate surface area is 149 Å². The Morgan fingerprint density at radius 1 is 1.16 bits per heavy atom. The first-order valence-electron chi connectivity index (χ1n) is 8.33. The van der Waals surface area contributed by atoms with Gasteiger partial charge >= 0.3 is 5.82 Å². The minimum Gasteiger partial charge on any atom is -0.358 e. The van der Waals surface area contributed by atoms with Crippen molar-refractivity contribution in [3.05, 3.63) is 57.6 Å². The fourth-order valence-electron chi connectivity index (χ4n) is 3.33. The van der Waals surface area contributed by atoms with E-state index < -0.39 is 0 Å². The summed E-state index contributed by atoms with van der Waals surface area (Å²) in [4.78, 5) is 20.9. The molecular formula is C17H19N5O2S. The molecule has 25 heavy (non-hydrogen) atoms. The van der Waals surface area contributed by atoms with Gasteiger partial charge in [0.25, 0.3) is 4.96 Å². The highest BCUT2D eigenvalue weighted by atomic mass is 32.1. The van der Waals surface area contributed by atoms with Crippen molar-refractivity contribution in [3.63, 3.8) is 0 Å². The Morgan fingerprint density at radius 2 is 2.00 bits per heavy atom. The number of benzene rings is 1. The van der Waals surface area contributed by atoms with E-state index in [1.54, 1.807) is 10.6 Å². The number of nitrogens with zero attached hydrogens (tertiary/aromatic N) is 5. The summed E-state index contributed by atoms with van der Waals surface area (Å²) in [6.07, 6.45) is 2.68. The maximum atomic E-state index is 11.5. The van der Waals surface area contributed by atoms with E-state index in [1.807, 2.05) is 11.4 Å². The molecule has 1 aliphatic rings. The normalized spacial score (nSPS) is 16.2. The third-order valence-corrected chi connectivity index (χ3v) is 5.29. The molecule has 7 nitrogen and oxygen atoms in total. The zero-order chi connectivity index (χ0) is 17.2. The van der Waals surface area contributed by atoms with Crippen LogP contribution in [0.2, 0.25) is 0 Å². The molecule has 0 N–H and O–H groups in total. The van der Waals surface area contributed by atoms with Crippen LogP contribution < -0.4 is 4.90 Å². The molecule has 0 radical (unpaired) electrons. The van der Waals surface area contributed by atoms with E-state index in [4.69, 9.17) is 0 Å². The fourth-order valence-corrected chi connectivity index (χ4v) is 4.03. The van der Waals surface area contributed by atoms with Crippen LogP contribution in [-0.4, -0.2) is 45.4 Å². The van der Waals surface area contributed by atoms with Crippen LogP contribution in [0.5, 0.6) is 0 Å². The summed E-state index contributed by atoms with van der Waals surface area (Å²) in [5.74, 6) is 0.575. The SMILES string of the molecule is O=[N+]([O-])c1c(N2CCCN(Cc3ccccc3)CC2)nc2sccn12. The van der Waals surface area contributed by atoms with Crippen LogP contribution in [0, 0.1) is 10.1 Å². The van der Waals surface area contributed by atoms with Crippen LogP contribution in [0.4, 0.5) is 11.6 Å². The zero-order valence-electron chi connectivity index (χ0n) is 13.7. The number of aromatic nitrogens is 2. The van der Waals surface area contributed by atoms with Crippen LogP contribution >= 0.6 is 11.3 Å². The van der Waals surface area contributed by atoms with E-state index in [-0.39, 0.29) is 10.7 Å². The molecule has 1 aromatic carbocycles. The topological polar surface area (TPSA) is 66.9 Å². The van der Waals surface area contributed by atoms with Crippen molar-refractivity contribution in [1.29, 1.82) is 0 Å². The maximum absolute atomic E-state index is 11.5. The van der Waals surface area contributed by atoms with Gasteiger partial charge in [-0.1, -0.05) is 41.7 Å². The monoisotopic (exact) mass is 357 g/mol. The molecular weight excluding hydrogens is 338 g/mol. The highest BCUT2D eigenvalue weighted by molar-refractivity contribution is 7.15. The van der Waals surface area contributed by atoms with Gasteiger partial charge < -0.3 is 15.0 Å². The van der Waals surface area contributed by atoms with Gasteiger partial charge in [0, 0.05) is 38.1 Å². The number of rotatable bonds is 4. The van der Waals surface area contributed by atoms with Gasteiger partial charge in [-0.15, -0.1) is 0 Å². The third kappa shape index (κ3) is 3.22.